The van der Waals surface area contributed by atoms with Crippen molar-refractivity contribution >= 4 is 22.3 Å². The summed E-state index contributed by atoms with van der Waals surface area (Å²) in [5.74, 6) is 0.838. The molecular formula is C18H22N6S. The Morgan fingerprint density at radius 1 is 1.32 bits per heavy atom. The van der Waals surface area contributed by atoms with Crippen LogP contribution in [0.1, 0.15) is 35.7 Å². The molecule has 0 aliphatic carbocycles. The van der Waals surface area contributed by atoms with Gasteiger partial charge < -0.3 is 5.32 Å². The number of nitrogens with one attached hydrogen (secondary N) is 1. The second kappa shape index (κ2) is 6.93. The molecule has 0 saturated carbocycles. The molecule has 1 fully saturated rings. The second-order valence-corrected chi connectivity index (χ2v) is 7.43. The molecule has 6 nitrogen and oxygen atoms in total. The Morgan fingerprint density at radius 3 is 3.00 bits per heavy atom. The molecule has 3 aromatic heterocycles. The van der Waals surface area contributed by atoms with Crippen molar-refractivity contribution in [2.24, 2.45) is 7.05 Å². The Labute approximate surface area is 151 Å². The minimum absolute atomic E-state index is 0.387. The van der Waals surface area contributed by atoms with Crippen molar-refractivity contribution in [3.63, 3.8) is 0 Å². The minimum atomic E-state index is 0.387. The fourth-order valence-electron chi connectivity index (χ4n) is 3.29. The van der Waals surface area contributed by atoms with E-state index in [4.69, 9.17) is 4.98 Å². The van der Waals surface area contributed by atoms with Gasteiger partial charge in [-0.25, -0.2) is 9.97 Å². The molecule has 3 aromatic rings. The topological polar surface area (TPSA) is 58.9 Å². The van der Waals surface area contributed by atoms with E-state index in [-0.39, 0.29) is 0 Å². The van der Waals surface area contributed by atoms with Crippen LogP contribution >= 0.6 is 11.3 Å². The Hall–Kier alpha value is -2.25. The van der Waals surface area contributed by atoms with Gasteiger partial charge in [0.25, 0.3) is 0 Å². The van der Waals surface area contributed by atoms with Crippen LogP contribution in [0.2, 0.25) is 0 Å². The van der Waals surface area contributed by atoms with Crippen LogP contribution in [0.4, 0.5) is 10.9 Å². The zero-order valence-electron chi connectivity index (χ0n) is 14.5. The lowest BCUT2D eigenvalue weighted by atomic mass is 10.1. The van der Waals surface area contributed by atoms with Crippen molar-refractivity contribution in [1.82, 2.24) is 24.6 Å². The molecule has 1 N–H and O–H groups in total. The van der Waals surface area contributed by atoms with E-state index in [2.05, 4.69) is 37.9 Å². The van der Waals surface area contributed by atoms with Gasteiger partial charge >= 0.3 is 0 Å². The van der Waals surface area contributed by atoms with Gasteiger partial charge in [-0.05, 0) is 37.9 Å². The average molecular weight is 354 g/mol. The number of rotatable bonds is 5. The van der Waals surface area contributed by atoms with Gasteiger partial charge in [-0.3, -0.25) is 9.58 Å². The summed E-state index contributed by atoms with van der Waals surface area (Å²) in [7, 11) is 1.96. The summed E-state index contributed by atoms with van der Waals surface area (Å²) in [6.45, 7) is 4.08. The lowest BCUT2D eigenvalue weighted by Crippen LogP contribution is -2.22. The molecule has 1 aliphatic rings. The molecule has 25 heavy (non-hydrogen) atoms. The number of hydrogen-bond donors (Lipinski definition) is 1. The third kappa shape index (κ3) is 3.72. The molecule has 0 radical (unpaired) electrons. The van der Waals surface area contributed by atoms with E-state index in [0.29, 0.717) is 6.04 Å². The highest BCUT2D eigenvalue weighted by molar-refractivity contribution is 7.13. The Balaban J connectivity index is 1.45. The van der Waals surface area contributed by atoms with E-state index in [1.807, 2.05) is 37.1 Å². The van der Waals surface area contributed by atoms with Gasteiger partial charge in [0.15, 0.2) is 5.13 Å². The van der Waals surface area contributed by atoms with E-state index in [0.717, 1.165) is 41.7 Å². The van der Waals surface area contributed by atoms with Gasteiger partial charge in [-0.1, -0.05) is 6.07 Å². The summed E-state index contributed by atoms with van der Waals surface area (Å²) in [4.78, 5) is 11.7. The molecule has 130 valence electrons. The summed E-state index contributed by atoms with van der Waals surface area (Å²) >= 11 is 1.64. The van der Waals surface area contributed by atoms with E-state index in [1.54, 1.807) is 11.3 Å². The molecule has 0 spiro atoms. The van der Waals surface area contributed by atoms with Crippen molar-refractivity contribution in [2.45, 2.75) is 32.4 Å². The SMILES string of the molecule is Cc1ccc(Nc2nc([C@H]3CCCN3Cc3cnn(C)c3)cs2)nc1. The molecule has 1 aliphatic heterocycles. The highest BCUT2D eigenvalue weighted by Gasteiger charge is 2.28. The van der Waals surface area contributed by atoms with E-state index >= 15 is 0 Å². The molecule has 0 amide bonds. The highest BCUT2D eigenvalue weighted by atomic mass is 32.1. The van der Waals surface area contributed by atoms with E-state index in [1.165, 1.54) is 12.0 Å². The van der Waals surface area contributed by atoms with E-state index < -0.39 is 0 Å². The van der Waals surface area contributed by atoms with Crippen LogP contribution in [0, 0.1) is 6.92 Å². The van der Waals surface area contributed by atoms with Crippen LogP contribution in [0.25, 0.3) is 0 Å². The summed E-state index contributed by atoms with van der Waals surface area (Å²) in [6, 6.07) is 4.43. The molecule has 1 atom stereocenters. The maximum atomic E-state index is 4.81. The fourth-order valence-corrected chi connectivity index (χ4v) is 4.05. The lowest BCUT2D eigenvalue weighted by molar-refractivity contribution is 0.245. The van der Waals surface area contributed by atoms with Crippen LogP contribution in [-0.4, -0.2) is 31.2 Å². The summed E-state index contributed by atoms with van der Waals surface area (Å²) in [5.41, 5.74) is 3.57. The number of anilines is 2. The number of nitrogens with zero attached hydrogens (tertiary/aromatic N) is 5. The van der Waals surface area contributed by atoms with Gasteiger partial charge in [-0.2, -0.15) is 5.10 Å². The first-order chi connectivity index (χ1) is 12.2. The van der Waals surface area contributed by atoms with Crippen LogP contribution in [-0.2, 0) is 13.6 Å². The van der Waals surface area contributed by atoms with E-state index in [9.17, 15) is 0 Å². The van der Waals surface area contributed by atoms with Crippen LogP contribution in [0.15, 0.2) is 36.1 Å². The first kappa shape index (κ1) is 16.2. The largest absolute Gasteiger partial charge is 0.316 e. The van der Waals surface area contributed by atoms with Gasteiger partial charge in [0.1, 0.15) is 5.82 Å². The molecule has 7 heteroatoms. The zero-order chi connectivity index (χ0) is 17.2. The van der Waals surface area contributed by atoms with Gasteiger partial charge in [0.2, 0.25) is 0 Å². The highest BCUT2D eigenvalue weighted by Crippen LogP contribution is 2.35. The average Bonchev–Trinajstić information content (AvgIpc) is 3.32. The first-order valence-corrected chi connectivity index (χ1v) is 9.42. The molecular weight excluding hydrogens is 332 g/mol. The number of aromatic nitrogens is 4. The maximum absolute atomic E-state index is 4.81. The molecule has 1 saturated heterocycles. The standard InChI is InChI=1S/C18H22N6S/c1-13-5-6-17(19-8-13)22-18-21-15(12-25-18)16-4-3-7-24(16)11-14-9-20-23(2)10-14/h5-6,8-10,12,16H,3-4,7,11H2,1-2H3,(H,19,21,22)/t16-/m1/s1. The smallest absolute Gasteiger partial charge is 0.188 e. The van der Waals surface area contributed by atoms with Crippen molar-refractivity contribution in [3.8, 4) is 0 Å². The Kier molecular flexibility index (Phi) is 4.50. The second-order valence-electron chi connectivity index (χ2n) is 6.57. The molecule has 4 rings (SSSR count). The van der Waals surface area contributed by atoms with Crippen LogP contribution < -0.4 is 5.32 Å². The molecule has 4 heterocycles. The number of likely N-dealkylation sites (tertiary alicyclic amines) is 1. The maximum Gasteiger partial charge on any atom is 0.188 e. The lowest BCUT2D eigenvalue weighted by Gasteiger charge is -2.22. The monoisotopic (exact) mass is 354 g/mol. The zero-order valence-corrected chi connectivity index (χ0v) is 15.3. The predicted octanol–water partition coefficient (Wildman–Crippen LogP) is 3.66. The quantitative estimate of drug-likeness (QED) is 0.758. The van der Waals surface area contributed by atoms with Crippen molar-refractivity contribution < 1.29 is 0 Å². The fraction of sp³-hybridized carbons (Fsp3) is 0.389. The van der Waals surface area contributed by atoms with Gasteiger partial charge in [0.05, 0.1) is 17.9 Å². The third-order valence-electron chi connectivity index (χ3n) is 4.52. The van der Waals surface area contributed by atoms with Crippen LogP contribution in [0.3, 0.4) is 0 Å². The number of aryl methyl sites for hydroxylation is 2. The van der Waals surface area contributed by atoms with Gasteiger partial charge in [-0.15, -0.1) is 11.3 Å². The van der Waals surface area contributed by atoms with Crippen molar-refractivity contribution in [3.05, 3.63) is 52.9 Å². The molecule has 0 unspecified atom stereocenters. The summed E-state index contributed by atoms with van der Waals surface area (Å²) in [6.07, 6.45) is 8.28. The van der Waals surface area contributed by atoms with Crippen molar-refractivity contribution in [1.29, 1.82) is 0 Å². The number of pyridine rings is 1. The number of thiazole rings is 1. The minimum Gasteiger partial charge on any atom is -0.316 e. The Bertz CT molecular complexity index is 837. The third-order valence-corrected chi connectivity index (χ3v) is 5.29. The summed E-state index contributed by atoms with van der Waals surface area (Å²) in [5, 5.41) is 10.7. The van der Waals surface area contributed by atoms with Crippen LogP contribution in [0.5, 0.6) is 0 Å². The Morgan fingerprint density at radius 2 is 2.24 bits per heavy atom. The molecule has 0 bridgehead atoms. The first-order valence-electron chi connectivity index (χ1n) is 8.54. The summed E-state index contributed by atoms with van der Waals surface area (Å²) < 4.78 is 1.86. The number of hydrogen-bond acceptors (Lipinski definition) is 6. The van der Waals surface area contributed by atoms with Gasteiger partial charge in [0, 0.05) is 36.9 Å². The normalized spacial score (nSPS) is 17.9. The van der Waals surface area contributed by atoms with Crippen molar-refractivity contribution in [2.75, 3.05) is 11.9 Å². The molecule has 0 aromatic carbocycles. The predicted molar refractivity (Wildman–Crippen MR) is 100.0 cm³/mol.